The summed E-state index contributed by atoms with van der Waals surface area (Å²) in [5.74, 6) is 2.56. The molecule has 0 saturated carbocycles. The Hall–Kier alpha value is -0.830. The number of hydrogen-bond donors (Lipinski definition) is 1. The fraction of sp³-hybridized carbons (Fsp3) is 0.786. The molecule has 0 spiro atoms. The predicted molar refractivity (Wildman–Crippen MR) is 70.9 cm³/mol. The summed E-state index contributed by atoms with van der Waals surface area (Å²) in [6, 6.07) is 0.571. The number of hydrogen-bond acceptors (Lipinski definition) is 3. The fourth-order valence-corrected chi connectivity index (χ4v) is 1.87. The molecule has 1 aromatic heterocycles. The van der Waals surface area contributed by atoms with Crippen LogP contribution in [0.1, 0.15) is 58.6 Å². The summed E-state index contributed by atoms with van der Waals surface area (Å²) < 4.78 is 5.59. The van der Waals surface area contributed by atoms with Crippen molar-refractivity contribution in [2.45, 2.75) is 66.0 Å². The van der Waals surface area contributed by atoms with E-state index >= 15 is 0 Å². The van der Waals surface area contributed by atoms with E-state index in [2.05, 4.69) is 38.0 Å². The Morgan fingerprint density at radius 1 is 1.29 bits per heavy atom. The summed E-state index contributed by atoms with van der Waals surface area (Å²) in [5.41, 5.74) is 0. The molecule has 0 bridgehead atoms. The van der Waals surface area contributed by atoms with Crippen molar-refractivity contribution in [3.63, 3.8) is 0 Å². The fourth-order valence-electron chi connectivity index (χ4n) is 1.87. The first-order chi connectivity index (χ1) is 8.19. The van der Waals surface area contributed by atoms with Gasteiger partial charge in [0, 0.05) is 12.5 Å². The van der Waals surface area contributed by atoms with Crippen molar-refractivity contribution in [1.29, 1.82) is 0 Å². The highest BCUT2D eigenvalue weighted by atomic mass is 16.4. The van der Waals surface area contributed by atoms with E-state index in [4.69, 9.17) is 4.42 Å². The predicted octanol–water partition coefficient (Wildman–Crippen LogP) is 3.54. The van der Waals surface area contributed by atoms with E-state index in [-0.39, 0.29) is 0 Å². The molecular formula is C14H26N2O. The van der Waals surface area contributed by atoms with Crippen LogP contribution in [0.5, 0.6) is 0 Å². The zero-order valence-electron chi connectivity index (χ0n) is 11.6. The lowest BCUT2D eigenvalue weighted by Crippen LogP contribution is -2.29. The quantitative estimate of drug-likeness (QED) is 0.752. The summed E-state index contributed by atoms with van der Waals surface area (Å²) in [5, 5.41) is 3.53. The first-order valence-corrected chi connectivity index (χ1v) is 6.86. The Kier molecular flexibility index (Phi) is 6.27. The molecule has 0 saturated heterocycles. The summed E-state index contributed by atoms with van der Waals surface area (Å²) in [6.45, 7) is 9.61. The lowest BCUT2D eigenvalue weighted by atomic mass is 9.98. The van der Waals surface area contributed by atoms with Crippen LogP contribution in [-0.4, -0.2) is 11.0 Å². The maximum atomic E-state index is 5.59. The number of nitrogens with zero attached hydrogens (tertiary/aromatic N) is 1. The van der Waals surface area contributed by atoms with Crippen molar-refractivity contribution in [2.24, 2.45) is 5.92 Å². The summed E-state index contributed by atoms with van der Waals surface area (Å²) in [4.78, 5) is 4.26. The Bertz CT molecular complexity index is 309. The second-order valence-electron chi connectivity index (χ2n) is 4.81. The second kappa shape index (κ2) is 7.49. The Labute approximate surface area is 105 Å². The van der Waals surface area contributed by atoms with E-state index in [0.717, 1.165) is 37.0 Å². The molecule has 17 heavy (non-hydrogen) atoms. The summed E-state index contributed by atoms with van der Waals surface area (Å²) in [7, 11) is 0. The van der Waals surface area contributed by atoms with Gasteiger partial charge >= 0.3 is 0 Å². The molecule has 1 heterocycles. The summed E-state index contributed by atoms with van der Waals surface area (Å²) in [6.07, 6.45) is 6.38. The molecule has 1 rings (SSSR count). The molecule has 1 aromatic rings. The third-order valence-electron chi connectivity index (χ3n) is 3.37. The van der Waals surface area contributed by atoms with Gasteiger partial charge in [-0.25, -0.2) is 4.98 Å². The molecule has 0 radical (unpaired) electrons. The Balaban J connectivity index is 2.36. The van der Waals surface area contributed by atoms with Gasteiger partial charge in [-0.15, -0.1) is 0 Å². The monoisotopic (exact) mass is 238 g/mol. The van der Waals surface area contributed by atoms with E-state index in [1.165, 1.54) is 12.8 Å². The molecule has 0 amide bonds. The smallest absolute Gasteiger partial charge is 0.208 e. The minimum atomic E-state index is 0.571. The number of aromatic nitrogens is 1. The van der Waals surface area contributed by atoms with E-state index < -0.39 is 0 Å². The molecule has 2 atom stereocenters. The van der Waals surface area contributed by atoms with Crippen LogP contribution in [0, 0.1) is 5.92 Å². The highest BCUT2D eigenvalue weighted by Gasteiger charge is 2.11. The van der Waals surface area contributed by atoms with Gasteiger partial charge in [0.25, 0.3) is 0 Å². The van der Waals surface area contributed by atoms with E-state index in [1.54, 1.807) is 0 Å². The third-order valence-corrected chi connectivity index (χ3v) is 3.37. The van der Waals surface area contributed by atoms with Gasteiger partial charge in [-0.05, 0) is 18.8 Å². The maximum absolute atomic E-state index is 5.59. The van der Waals surface area contributed by atoms with Crippen LogP contribution in [0.4, 0.5) is 0 Å². The zero-order valence-corrected chi connectivity index (χ0v) is 11.6. The van der Waals surface area contributed by atoms with E-state index in [9.17, 15) is 0 Å². The lowest BCUT2D eigenvalue weighted by Gasteiger charge is -2.19. The molecule has 0 aromatic carbocycles. The number of rotatable bonds is 8. The van der Waals surface area contributed by atoms with Gasteiger partial charge in [0.05, 0.1) is 12.7 Å². The molecular weight excluding hydrogens is 212 g/mol. The van der Waals surface area contributed by atoms with Crippen molar-refractivity contribution in [1.82, 2.24) is 10.3 Å². The van der Waals surface area contributed by atoms with Gasteiger partial charge in [-0.2, -0.15) is 0 Å². The maximum Gasteiger partial charge on any atom is 0.208 e. The van der Waals surface area contributed by atoms with Crippen molar-refractivity contribution >= 4 is 0 Å². The standard InChI is InChI=1S/C14H26N2O/c1-5-11(4)8-12(6-2)15-10-14-16-9-13(7-3)17-14/h9,11-12,15H,5-8,10H2,1-4H3. The first-order valence-electron chi connectivity index (χ1n) is 6.86. The van der Waals surface area contributed by atoms with Gasteiger partial charge in [-0.3, -0.25) is 0 Å². The van der Waals surface area contributed by atoms with Gasteiger partial charge in [0.2, 0.25) is 5.89 Å². The molecule has 3 heteroatoms. The number of aryl methyl sites for hydroxylation is 1. The molecule has 2 unspecified atom stereocenters. The van der Waals surface area contributed by atoms with E-state index in [0.29, 0.717) is 6.04 Å². The van der Waals surface area contributed by atoms with Crippen molar-refractivity contribution in [3.8, 4) is 0 Å². The van der Waals surface area contributed by atoms with Crippen LogP contribution < -0.4 is 5.32 Å². The van der Waals surface area contributed by atoms with Crippen molar-refractivity contribution < 1.29 is 4.42 Å². The molecule has 0 aliphatic heterocycles. The van der Waals surface area contributed by atoms with Gasteiger partial charge < -0.3 is 9.73 Å². The normalized spacial score (nSPS) is 14.8. The molecule has 3 nitrogen and oxygen atoms in total. The highest BCUT2D eigenvalue weighted by Crippen LogP contribution is 2.12. The summed E-state index contributed by atoms with van der Waals surface area (Å²) >= 11 is 0. The molecule has 0 fully saturated rings. The van der Waals surface area contributed by atoms with Gasteiger partial charge in [-0.1, -0.05) is 34.1 Å². The van der Waals surface area contributed by atoms with Crippen LogP contribution in [-0.2, 0) is 13.0 Å². The minimum Gasteiger partial charge on any atom is -0.444 e. The van der Waals surface area contributed by atoms with Gasteiger partial charge in [0.15, 0.2) is 0 Å². The van der Waals surface area contributed by atoms with Crippen LogP contribution in [0.3, 0.4) is 0 Å². The average Bonchev–Trinajstić information content (AvgIpc) is 2.82. The zero-order chi connectivity index (χ0) is 12.7. The van der Waals surface area contributed by atoms with Crippen LogP contribution in [0.15, 0.2) is 10.6 Å². The SMILES string of the molecule is CCc1cnc(CNC(CC)CC(C)CC)o1. The first kappa shape index (κ1) is 14.2. The third kappa shape index (κ3) is 4.90. The molecule has 1 N–H and O–H groups in total. The molecule has 0 aliphatic carbocycles. The largest absolute Gasteiger partial charge is 0.444 e. The van der Waals surface area contributed by atoms with Crippen LogP contribution in [0.25, 0.3) is 0 Å². The van der Waals surface area contributed by atoms with Crippen molar-refractivity contribution in [3.05, 3.63) is 17.8 Å². The minimum absolute atomic E-state index is 0.571. The highest BCUT2D eigenvalue weighted by molar-refractivity contribution is 4.93. The Morgan fingerprint density at radius 2 is 2.06 bits per heavy atom. The topological polar surface area (TPSA) is 38.1 Å². The number of oxazole rings is 1. The van der Waals surface area contributed by atoms with Crippen molar-refractivity contribution in [2.75, 3.05) is 0 Å². The van der Waals surface area contributed by atoms with Gasteiger partial charge in [0.1, 0.15) is 5.76 Å². The Morgan fingerprint density at radius 3 is 2.59 bits per heavy atom. The second-order valence-corrected chi connectivity index (χ2v) is 4.81. The van der Waals surface area contributed by atoms with E-state index in [1.807, 2.05) is 6.20 Å². The molecule has 98 valence electrons. The average molecular weight is 238 g/mol. The van der Waals surface area contributed by atoms with Crippen LogP contribution in [0.2, 0.25) is 0 Å². The van der Waals surface area contributed by atoms with Crippen LogP contribution >= 0.6 is 0 Å². The lowest BCUT2D eigenvalue weighted by molar-refractivity contribution is 0.359. The molecule has 0 aliphatic rings. The number of nitrogens with one attached hydrogen (secondary N) is 1.